The molecule has 0 N–H and O–H groups in total. The van der Waals surface area contributed by atoms with Crippen LogP contribution in [-0.2, 0) is 4.79 Å². The number of likely N-dealkylation sites (N-methyl/N-ethyl adjacent to an activating group) is 1. The first-order valence-electron chi connectivity index (χ1n) is 12.3. The Balaban J connectivity index is 1.48. The number of ether oxygens (including phenoxy) is 2. The maximum atomic E-state index is 14.2. The van der Waals surface area contributed by atoms with E-state index in [1.165, 1.54) is 0 Å². The van der Waals surface area contributed by atoms with Gasteiger partial charge in [0.1, 0.15) is 0 Å². The molecule has 1 saturated heterocycles. The van der Waals surface area contributed by atoms with E-state index in [0.717, 1.165) is 16.8 Å². The third-order valence-corrected chi connectivity index (χ3v) is 7.59. The van der Waals surface area contributed by atoms with Crippen LogP contribution in [0.5, 0.6) is 11.5 Å². The molecule has 3 aromatic carbocycles. The van der Waals surface area contributed by atoms with E-state index in [1.54, 1.807) is 32.2 Å². The summed E-state index contributed by atoms with van der Waals surface area (Å²) in [5, 5.41) is 0.695. The highest BCUT2D eigenvalue weighted by Crippen LogP contribution is 2.44. The number of nitrogens with zero attached hydrogens (tertiary/aromatic N) is 3. The molecule has 8 heteroatoms. The first kappa shape index (κ1) is 25.0. The molecule has 5 rings (SSSR count). The molecule has 7 nitrogen and oxygen atoms in total. The van der Waals surface area contributed by atoms with Crippen molar-refractivity contribution in [3.63, 3.8) is 0 Å². The van der Waals surface area contributed by atoms with Gasteiger partial charge in [-0.05, 0) is 47.5 Å². The van der Waals surface area contributed by atoms with Gasteiger partial charge in [-0.25, -0.2) is 0 Å². The molecule has 2 atom stereocenters. The summed E-state index contributed by atoms with van der Waals surface area (Å²) in [6.45, 7) is 2.58. The van der Waals surface area contributed by atoms with Gasteiger partial charge in [0.25, 0.3) is 5.91 Å². The molecule has 192 valence electrons. The molecule has 0 saturated carbocycles. The zero-order valence-electron chi connectivity index (χ0n) is 21.2. The van der Waals surface area contributed by atoms with Gasteiger partial charge in [-0.2, -0.15) is 0 Å². The summed E-state index contributed by atoms with van der Waals surface area (Å²) >= 11 is 6.19. The number of halogens is 1. The summed E-state index contributed by atoms with van der Waals surface area (Å²) in [6.07, 6.45) is 0. The van der Waals surface area contributed by atoms with Crippen LogP contribution in [0.1, 0.15) is 33.4 Å². The van der Waals surface area contributed by atoms with Crippen LogP contribution in [0.2, 0.25) is 5.02 Å². The van der Waals surface area contributed by atoms with Crippen LogP contribution in [0, 0.1) is 0 Å². The number of hydrogen-bond acceptors (Lipinski definition) is 5. The van der Waals surface area contributed by atoms with Crippen molar-refractivity contribution in [2.24, 2.45) is 0 Å². The minimum Gasteiger partial charge on any atom is -0.493 e. The molecule has 1 fully saturated rings. The molecular formula is C29H30ClN3O4. The van der Waals surface area contributed by atoms with Gasteiger partial charge in [0, 0.05) is 49.5 Å². The van der Waals surface area contributed by atoms with Crippen molar-refractivity contribution < 1.29 is 19.1 Å². The second-order valence-electron chi connectivity index (χ2n) is 9.33. The van der Waals surface area contributed by atoms with Crippen LogP contribution in [0.3, 0.4) is 0 Å². The van der Waals surface area contributed by atoms with Crippen molar-refractivity contribution in [3.05, 3.63) is 88.4 Å². The number of hydrogen-bond donors (Lipinski definition) is 0. The normalized spacial score (nSPS) is 19.5. The van der Waals surface area contributed by atoms with Gasteiger partial charge in [0.05, 0.1) is 26.2 Å². The van der Waals surface area contributed by atoms with E-state index in [4.69, 9.17) is 21.1 Å². The number of carbonyl (C=O) groups excluding carboxylic acids is 2. The zero-order chi connectivity index (χ0) is 26.1. The predicted octanol–water partition coefficient (Wildman–Crippen LogP) is 4.62. The molecule has 0 aliphatic carbocycles. The van der Waals surface area contributed by atoms with Gasteiger partial charge < -0.3 is 24.2 Å². The Bertz CT molecular complexity index is 1320. The van der Waals surface area contributed by atoms with E-state index in [9.17, 15) is 9.59 Å². The standard InChI is InChI=1S/C29H30ClN3O4/c1-31-27(19-11-12-24(36-2)25(17-19)37-3)26(22-9-4-5-10-23(22)28(31)34)29(35)33-15-13-32(14-16-33)21-8-6-7-20(30)18-21/h4-12,17-18,26-27H,13-16H2,1-3H3/t26-,27+/m1/s1. The summed E-state index contributed by atoms with van der Waals surface area (Å²) in [7, 11) is 4.92. The molecule has 0 unspecified atom stereocenters. The number of methoxy groups -OCH3 is 2. The number of anilines is 1. The molecule has 2 heterocycles. The average molecular weight is 520 g/mol. The smallest absolute Gasteiger partial charge is 0.254 e. The van der Waals surface area contributed by atoms with Gasteiger partial charge in [-0.1, -0.05) is 41.9 Å². The molecule has 2 aliphatic rings. The lowest BCUT2D eigenvalue weighted by Crippen LogP contribution is -2.53. The molecule has 0 radical (unpaired) electrons. The molecule has 0 bridgehead atoms. The van der Waals surface area contributed by atoms with E-state index in [2.05, 4.69) is 4.90 Å². The Morgan fingerprint density at radius 3 is 2.32 bits per heavy atom. The summed E-state index contributed by atoms with van der Waals surface area (Å²) < 4.78 is 10.9. The molecule has 2 aliphatic heterocycles. The van der Waals surface area contributed by atoms with Crippen molar-refractivity contribution >= 4 is 29.1 Å². The maximum Gasteiger partial charge on any atom is 0.254 e. The topological polar surface area (TPSA) is 62.3 Å². The summed E-state index contributed by atoms with van der Waals surface area (Å²) in [6, 6.07) is 20.3. The van der Waals surface area contributed by atoms with Crippen molar-refractivity contribution in [2.45, 2.75) is 12.0 Å². The van der Waals surface area contributed by atoms with E-state index in [0.29, 0.717) is 48.3 Å². The number of benzene rings is 3. The van der Waals surface area contributed by atoms with Crippen LogP contribution < -0.4 is 14.4 Å². The number of amides is 2. The number of piperazine rings is 1. The van der Waals surface area contributed by atoms with Crippen LogP contribution in [0.15, 0.2) is 66.7 Å². The van der Waals surface area contributed by atoms with Crippen molar-refractivity contribution in [3.8, 4) is 11.5 Å². The quantitative estimate of drug-likeness (QED) is 0.492. The third kappa shape index (κ3) is 4.60. The fraction of sp³-hybridized carbons (Fsp3) is 0.310. The number of carbonyl (C=O) groups is 2. The lowest BCUT2D eigenvalue weighted by Gasteiger charge is -2.43. The van der Waals surface area contributed by atoms with Gasteiger partial charge in [0.2, 0.25) is 5.91 Å². The highest BCUT2D eigenvalue weighted by molar-refractivity contribution is 6.30. The fourth-order valence-electron chi connectivity index (χ4n) is 5.45. The Hall–Kier alpha value is -3.71. The Labute approximate surface area is 222 Å². The van der Waals surface area contributed by atoms with Crippen molar-refractivity contribution in [2.75, 3.05) is 52.3 Å². The molecular weight excluding hydrogens is 490 g/mol. The maximum absolute atomic E-state index is 14.2. The molecule has 2 amide bonds. The van der Waals surface area contributed by atoms with E-state index in [-0.39, 0.29) is 11.8 Å². The van der Waals surface area contributed by atoms with Crippen molar-refractivity contribution in [1.82, 2.24) is 9.80 Å². The van der Waals surface area contributed by atoms with Crippen LogP contribution in [0.25, 0.3) is 0 Å². The third-order valence-electron chi connectivity index (χ3n) is 7.36. The molecule has 0 spiro atoms. The fourth-order valence-corrected chi connectivity index (χ4v) is 5.63. The van der Waals surface area contributed by atoms with Crippen molar-refractivity contribution in [1.29, 1.82) is 0 Å². The predicted molar refractivity (Wildman–Crippen MR) is 144 cm³/mol. The van der Waals surface area contributed by atoms with Gasteiger partial charge in [-0.15, -0.1) is 0 Å². The molecule has 0 aromatic heterocycles. The second-order valence-corrected chi connectivity index (χ2v) is 9.77. The zero-order valence-corrected chi connectivity index (χ0v) is 21.9. The first-order chi connectivity index (χ1) is 17.9. The minimum atomic E-state index is -0.547. The second kappa shape index (κ2) is 10.3. The van der Waals surface area contributed by atoms with Gasteiger partial charge in [-0.3, -0.25) is 9.59 Å². The minimum absolute atomic E-state index is 0.0114. The van der Waals surface area contributed by atoms with Crippen LogP contribution >= 0.6 is 11.6 Å². The SMILES string of the molecule is COc1ccc([C@H]2[C@H](C(=O)N3CCN(c4cccc(Cl)c4)CC3)c3ccccc3C(=O)N2C)cc1OC. The Kier molecular flexibility index (Phi) is 6.98. The van der Waals surface area contributed by atoms with E-state index in [1.807, 2.05) is 65.6 Å². The first-order valence-corrected chi connectivity index (χ1v) is 12.7. The summed E-state index contributed by atoms with van der Waals surface area (Å²) in [5.41, 5.74) is 3.19. The Morgan fingerprint density at radius 1 is 0.892 bits per heavy atom. The molecule has 37 heavy (non-hydrogen) atoms. The van der Waals surface area contributed by atoms with E-state index < -0.39 is 12.0 Å². The van der Waals surface area contributed by atoms with E-state index >= 15 is 0 Å². The highest BCUT2D eigenvalue weighted by atomic mass is 35.5. The summed E-state index contributed by atoms with van der Waals surface area (Å²) in [4.78, 5) is 33.4. The number of rotatable bonds is 5. The average Bonchev–Trinajstić information content (AvgIpc) is 2.94. The number of fused-ring (bicyclic) bond motifs is 1. The van der Waals surface area contributed by atoms with Crippen LogP contribution in [-0.4, -0.2) is 69.1 Å². The Morgan fingerprint density at radius 2 is 1.62 bits per heavy atom. The highest BCUT2D eigenvalue weighted by Gasteiger charge is 2.44. The van der Waals surface area contributed by atoms with Gasteiger partial charge in [0.15, 0.2) is 11.5 Å². The lowest BCUT2D eigenvalue weighted by atomic mass is 9.79. The lowest BCUT2D eigenvalue weighted by molar-refractivity contribution is -0.134. The largest absolute Gasteiger partial charge is 0.493 e. The monoisotopic (exact) mass is 519 g/mol. The van der Waals surface area contributed by atoms with Crippen LogP contribution in [0.4, 0.5) is 5.69 Å². The van der Waals surface area contributed by atoms with Gasteiger partial charge >= 0.3 is 0 Å². The summed E-state index contributed by atoms with van der Waals surface area (Å²) in [5.74, 6) is 0.509. The molecule has 3 aromatic rings.